The summed E-state index contributed by atoms with van der Waals surface area (Å²) in [5.41, 5.74) is 1.45. The van der Waals surface area contributed by atoms with Crippen LogP contribution in [0.25, 0.3) is 0 Å². The van der Waals surface area contributed by atoms with Gasteiger partial charge in [-0.25, -0.2) is 13.2 Å². The minimum Gasteiger partial charge on any atom is -0.481 e. The summed E-state index contributed by atoms with van der Waals surface area (Å²) in [5, 5.41) is 16.7. The van der Waals surface area contributed by atoms with Gasteiger partial charge in [0.15, 0.2) is 6.17 Å². The number of amides is 3. The Hall–Kier alpha value is -2.96. The maximum atomic E-state index is 13.7. The van der Waals surface area contributed by atoms with Crippen LogP contribution in [-0.4, -0.2) is 65.9 Å². The van der Waals surface area contributed by atoms with Crippen LogP contribution in [-0.2, 0) is 19.6 Å². The largest absolute Gasteiger partial charge is 0.481 e. The summed E-state index contributed by atoms with van der Waals surface area (Å²) in [6, 6.07) is 8.95. The number of hydrogen-bond donors (Lipinski definition) is 3. The first-order chi connectivity index (χ1) is 17.7. The molecule has 0 bridgehead atoms. The third-order valence-corrected chi connectivity index (χ3v) is 10.1. The van der Waals surface area contributed by atoms with Gasteiger partial charge in [0.1, 0.15) is 4.21 Å². The fraction of sp³-hybridized carbons (Fsp3) is 0.480. The van der Waals surface area contributed by atoms with E-state index in [-0.39, 0.29) is 29.6 Å². The number of hydrogen-bond acceptors (Lipinski definition) is 6. The molecule has 1 aliphatic carbocycles. The van der Waals surface area contributed by atoms with Gasteiger partial charge in [0.2, 0.25) is 0 Å². The van der Waals surface area contributed by atoms with Crippen molar-refractivity contribution in [1.29, 1.82) is 0 Å². The second-order valence-corrected chi connectivity index (χ2v) is 12.6. The van der Waals surface area contributed by atoms with E-state index in [2.05, 4.69) is 10.6 Å². The highest BCUT2D eigenvalue weighted by atomic mass is 32.2. The van der Waals surface area contributed by atoms with Crippen molar-refractivity contribution in [3.8, 4) is 0 Å². The number of carboxylic acids is 1. The first kappa shape index (κ1) is 27.1. The normalized spacial score (nSPS) is 19.9. The molecule has 0 spiro atoms. The van der Waals surface area contributed by atoms with E-state index >= 15 is 0 Å². The molecule has 1 aliphatic heterocycles. The molecular weight excluding hydrogens is 516 g/mol. The third-order valence-electron chi connectivity index (χ3n) is 6.89. The minimum atomic E-state index is -4.07. The van der Waals surface area contributed by atoms with Gasteiger partial charge in [-0.15, -0.1) is 11.3 Å². The number of aryl methyl sites for hydroxylation is 1. The highest BCUT2D eigenvalue weighted by Crippen LogP contribution is 2.30. The van der Waals surface area contributed by atoms with Gasteiger partial charge in [-0.2, -0.15) is 4.31 Å². The fourth-order valence-corrected chi connectivity index (χ4v) is 7.77. The fourth-order valence-electron chi connectivity index (χ4n) is 5.10. The number of aliphatic carboxylic acids is 1. The van der Waals surface area contributed by atoms with Gasteiger partial charge >= 0.3 is 12.0 Å². The molecule has 1 saturated heterocycles. The average Bonchev–Trinajstić information content (AvgIpc) is 3.55. The lowest BCUT2D eigenvalue weighted by Gasteiger charge is -2.33. The molecule has 2 unspecified atom stereocenters. The Morgan fingerprint density at radius 1 is 1.11 bits per heavy atom. The van der Waals surface area contributed by atoms with Crippen LogP contribution in [0.15, 0.2) is 46.0 Å². The van der Waals surface area contributed by atoms with Crippen LogP contribution in [0.1, 0.15) is 44.1 Å². The van der Waals surface area contributed by atoms with Gasteiger partial charge < -0.3 is 15.7 Å². The number of urea groups is 1. The first-order valence-electron chi connectivity index (χ1n) is 12.4. The number of carbonyl (C=O) groups excluding carboxylic acids is 2. The number of sulfonamides is 1. The molecule has 4 rings (SSSR count). The molecule has 3 amide bonds. The van der Waals surface area contributed by atoms with Crippen molar-refractivity contribution in [3.05, 3.63) is 47.3 Å². The number of rotatable bonds is 8. The number of nitrogens with zero attached hydrogens (tertiary/aromatic N) is 2. The summed E-state index contributed by atoms with van der Waals surface area (Å²) in [7, 11) is -4.07. The summed E-state index contributed by atoms with van der Waals surface area (Å²) in [4.78, 5) is 39.8. The molecule has 2 fully saturated rings. The highest BCUT2D eigenvalue weighted by Gasteiger charge is 2.47. The maximum Gasteiger partial charge on any atom is 0.323 e. The van der Waals surface area contributed by atoms with E-state index in [0.717, 1.165) is 53.3 Å². The SMILES string of the molecule is Cc1cccc(NC(=O)N2CCN(S(=O)(=O)c3cccs3)C2C(=O)NC(CC(=O)O)C2CCCCC2)c1. The Labute approximate surface area is 220 Å². The Morgan fingerprint density at radius 2 is 1.86 bits per heavy atom. The summed E-state index contributed by atoms with van der Waals surface area (Å²) in [6.45, 7) is 1.82. The van der Waals surface area contributed by atoms with E-state index in [4.69, 9.17) is 0 Å². The summed E-state index contributed by atoms with van der Waals surface area (Å²) in [6.07, 6.45) is 2.82. The van der Waals surface area contributed by atoms with Crippen LogP contribution in [0.3, 0.4) is 0 Å². The summed E-state index contributed by atoms with van der Waals surface area (Å²) >= 11 is 1.03. The van der Waals surface area contributed by atoms with E-state index in [0.29, 0.717) is 5.69 Å². The van der Waals surface area contributed by atoms with Crippen LogP contribution < -0.4 is 10.6 Å². The van der Waals surface area contributed by atoms with Crippen LogP contribution >= 0.6 is 11.3 Å². The molecule has 10 nitrogen and oxygen atoms in total. The maximum absolute atomic E-state index is 13.7. The number of thiophene rings is 1. The third kappa shape index (κ3) is 6.31. The average molecular weight is 549 g/mol. The van der Waals surface area contributed by atoms with Gasteiger partial charge in [0, 0.05) is 24.8 Å². The number of benzene rings is 1. The van der Waals surface area contributed by atoms with Crippen molar-refractivity contribution in [2.75, 3.05) is 18.4 Å². The molecule has 3 N–H and O–H groups in total. The minimum absolute atomic E-state index is 0.00731. The van der Waals surface area contributed by atoms with Crippen molar-refractivity contribution in [3.63, 3.8) is 0 Å². The van der Waals surface area contributed by atoms with Crippen molar-refractivity contribution >= 4 is 45.0 Å². The predicted octanol–water partition coefficient (Wildman–Crippen LogP) is 3.46. The summed E-state index contributed by atoms with van der Waals surface area (Å²) < 4.78 is 28.0. The Morgan fingerprint density at radius 3 is 2.51 bits per heavy atom. The van der Waals surface area contributed by atoms with Crippen molar-refractivity contribution in [2.45, 2.75) is 61.9 Å². The molecule has 0 radical (unpaired) electrons. The lowest BCUT2D eigenvalue weighted by atomic mass is 9.82. The van der Waals surface area contributed by atoms with E-state index < -0.39 is 40.1 Å². The molecular formula is C25H32N4O6S2. The zero-order valence-corrected chi connectivity index (χ0v) is 22.3. The molecule has 2 aliphatic rings. The van der Waals surface area contributed by atoms with Crippen LogP contribution in [0.2, 0.25) is 0 Å². The molecule has 200 valence electrons. The van der Waals surface area contributed by atoms with E-state index in [1.165, 1.54) is 11.0 Å². The smallest absolute Gasteiger partial charge is 0.323 e. The molecule has 2 aromatic rings. The molecule has 2 heterocycles. The molecule has 2 atom stereocenters. The Kier molecular flexibility index (Phi) is 8.50. The molecule has 12 heteroatoms. The predicted molar refractivity (Wildman–Crippen MR) is 140 cm³/mol. The second kappa shape index (κ2) is 11.6. The molecule has 37 heavy (non-hydrogen) atoms. The van der Waals surface area contributed by atoms with Crippen LogP contribution in [0.5, 0.6) is 0 Å². The quantitative estimate of drug-likeness (QED) is 0.462. The number of carboxylic acid groups (broad SMARTS) is 1. The van der Waals surface area contributed by atoms with Gasteiger partial charge in [-0.1, -0.05) is 37.5 Å². The second-order valence-electron chi connectivity index (χ2n) is 9.53. The standard InChI is InChI=1S/C25H32N4O6S2/c1-17-7-5-10-19(15-17)26-25(33)28-12-13-29(37(34,35)22-11-6-14-36-22)24(28)23(32)27-20(16-21(30)31)18-8-3-2-4-9-18/h5-7,10-11,14-15,18,20,24H,2-4,8-9,12-13,16H2,1H3,(H,26,33)(H,27,32)(H,30,31). The number of anilines is 1. The lowest BCUT2D eigenvalue weighted by molar-refractivity contribution is -0.138. The first-order valence-corrected chi connectivity index (χ1v) is 14.7. The van der Waals surface area contributed by atoms with Gasteiger partial charge in [0.25, 0.3) is 15.9 Å². The van der Waals surface area contributed by atoms with Crippen molar-refractivity contribution in [2.24, 2.45) is 5.92 Å². The van der Waals surface area contributed by atoms with Crippen LogP contribution in [0.4, 0.5) is 10.5 Å². The van der Waals surface area contributed by atoms with Crippen molar-refractivity contribution in [1.82, 2.24) is 14.5 Å². The van der Waals surface area contributed by atoms with E-state index in [9.17, 15) is 27.9 Å². The van der Waals surface area contributed by atoms with E-state index in [1.54, 1.807) is 29.6 Å². The monoisotopic (exact) mass is 548 g/mol. The molecule has 1 aromatic carbocycles. The Bertz CT molecular complexity index is 1230. The lowest BCUT2D eigenvalue weighted by Crippen LogP contribution is -2.57. The summed E-state index contributed by atoms with van der Waals surface area (Å²) in [5.74, 6) is -1.76. The van der Waals surface area contributed by atoms with Gasteiger partial charge in [0.05, 0.1) is 6.42 Å². The Balaban J connectivity index is 1.62. The topological polar surface area (TPSA) is 136 Å². The number of carbonyl (C=O) groups is 3. The van der Waals surface area contributed by atoms with Crippen molar-refractivity contribution < 1.29 is 27.9 Å². The molecule has 1 saturated carbocycles. The van der Waals surface area contributed by atoms with Gasteiger partial charge in [-0.05, 0) is 54.8 Å². The van der Waals surface area contributed by atoms with Gasteiger partial charge in [-0.3, -0.25) is 14.5 Å². The molecule has 1 aromatic heterocycles. The highest BCUT2D eigenvalue weighted by molar-refractivity contribution is 7.91. The zero-order valence-electron chi connectivity index (χ0n) is 20.6. The van der Waals surface area contributed by atoms with E-state index in [1.807, 2.05) is 13.0 Å². The zero-order chi connectivity index (χ0) is 26.6. The van der Waals surface area contributed by atoms with Crippen LogP contribution in [0, 0.1) is 12.8 Å². The number of nitrogens with one attached hydrogen (secondary N) is 2.